The fraction of sp³-hybridized carbons (Fsp3) is 0.588. The molecule has 21 heavy (non-hydrogen) atoms. The summed E-state index contributed by atoms with van der Waals surface area (Å²) < 4.78 is 5.33. The van der Waals surface area contributed by atoms with E-state index in [1.54, 1.807) is 0 Å². The summed E-state index contributed by atoms with van der Waals surface area (Å²) >= 11 is 0. The van der Waals surface area contributed by atoms with Gasteiger partial charge in [0.05, 0.1) is 0 Å². The Bertz CT molecular complexity index is 477. The third-order valence-electron chi connectivity index (χ3n) is 4.47. The number of benzene rings is 1. The molecule has 2 saturated heterocycles. The molecular weight excluding hydrogens is 264 g/mol. The Labute approximate surface area is 126 Å². The van der Waals surface area contributed by atoms with Crippen molar-refractivity contribution in [1.29, 1.82) is 0 Å². The van der Waals surface area contributed by atoms with Crippen LogP contribution in [-0.4, -0.2) is 38.3 Å². The smallest absolute Gasteiger partial charge is 0.251 e. The third kappa shape index (κ3) is 3.83. The van der Waals surface area contributed by atoms with Crippen LogP contribution in [0.4, 0.5) is 0 Å². The molecule has 3 rings (SSSR count). The first-order valence-electron chi connectivity index (χ1n) is 8.02. The van der Waals surface area contributed by atoms with E-state index in [0.29, 0.717) is 5.92 Å². The van der Waals surface area contributed by atoms with E-state index in [-0.39, 0.29) is 11.9 Å². The van der Waals surface area contributed by atoms with Crippen molar-refractivity contribution in [3.05, 3.63) is 35.4 Å². The van der Waals surface area contributed by atoms with Gasteiger partial charge in [-0.25, -0.2) is 0 Å². The first kappa shape index (κ1) is 14.5. The fourth-order valence-electron chi connectivity index (χ4n) is 3.18. The number of rotatable bonds is 3. The Morgan fingerprint density at radius 2 is 2.10 bits per heavy atom. The molecule has 1 aromatic carbocycles. The van der Waals surface area contributed by atoms with Crippen LogP contribution >= 0.6 is 0 Å². The second kappa shape index (κ2) is 7.05. The number of amides is 1. The molecule has 114 valence electrons. The number of piperidine rings is 1. The maximum absolute atomic E-state index is 12.4. The van der Waals surface area contributed by atoms with E-state index >= 15 is 0 Å². The average Bonchev–Trinajstić information content (AvgIpc) is 2.57. The molecular formula is C17H24N2O2. The minimum Gasteiger partial charge on any atom is -0.381 e. The maximum atomic E-state index is 12.4. The van der Waals surface area contributed by atoms with Crippen LogP contribution in [0.2, 0.25) is 0 Å². The van der Waals surface area contributed by atoms with E-state index in [4.69, 9.17) is 4.74 Å². The first-order valence-corrected chi connectivity index (χ1v) is 8.02. The Hall–Kier alpha value is -1.39. The highest BCUT2D eigenvalue weighted by Gasteiger charge is 2.19. The molecule has 1 atom stereocenters. The predicted molar refractivity (Wildman–Crippen MR) is 82.6 cm³/mol. The van der Waals surface area contributed by atoms with Crippen LogP contribution in [0.1, 0.15) is 47.5 Å². The van der Waals surface area contributed by atoms with Gasteiger partial charge in [-0.05, 0) is 55.8 Å². The highest BCUT2D eigenvalue weighted by Crippen LogP contribution is 2.24. The molecule has 1 aromatic rings. The van der Waals surface area contributed by atoms with E-state index in [0.717, 1.165) is 44.7 Å². The van der Waals surface area contributed by atoms with Crippen LogP contribution in [0, 0.1) is 0 Å². The van der Waals surface area contributed by atoms with Crippen molar-refractivity contribution in [1.82, 2.24) is 10.6 Å². The van der Waals surface area contributed by atoms with Gasteiger partial charge in [-0.2, -0.15) is 0 Å². The minimum absolute atomic E-state index is 0.0486. The summed E-state index contributed by atoms with van der Waals surface area (Å²) in [6, 6.07) is 8.37. The first-order chi connectivity index (χ1) is 10.3. The van der Waals surface area contributed by atoms with Gasteiger partial charge in [-0.3, -0.25) is 4.79 Å². The number of carbonyl (C=O) groups excluding carboxylic acids is 1. The lowest BCUT2D eigenvalue weighted by atomic mass is 9.90. The Morgan fingerprint density at radius 1 is 1.24 bits per heavy atom. The molecule has 0 unspecified atom stereocenters. The fourth-order valence-corrected chi connectivity index (χ4v) is 3.18. The van der Waals surface area contributed by atoms with Gasteiger partial charge in [-0.15, -0.1) is 0 Å². The van der Waals surface area contributed by atoms with E-state index in [1.807, 2.05) is 12.1 Å². The Morgan fingerprint density at radius 3 is 2.86 bits per heavy atom. The van der Waals surface area contributed by atoms with Crippen LogP contribution in [-0.2, 0) is 4.74 Å². The quantitative estimate of drug-likeness (QED) is 0.895. The summed E-state index contributed by atoms with van der Waals surface area (Å²) in [6.45, 7) is 3.63. The van der Waals surface area contributed by atoms with Gasteiger partial charge >= 0.3 is 0 Å². The molecule has 4 nitrogen and oxygen atoms in total. The normalized spacial score (nSPS) is 23.7. The maximum Gasteiger partial charge on any atom is 0.251 e. The molecule has 2 fully saturated rings. The van der Waals surface area contributed by atoms with Gasteiger partial charge in [0.25, 0.3) is 5.91 Å². The topological polar surface area (TPSA) is 50.4 Å². The number of ether oxygens (including phenoxy) is 1. The Kier molecular flexibility index (Phi) is 4.88. The van der Waals surface area contributed by atoms with Crippen LogP contribution < -0.4 is 10.6 Å². The molecule has 2 N–H and O–H groups in total. The van der Waals surface area contributed by atoms with Gasteiger partial charge in [0, 0.05) is 31.4 Å². The molecule has 0 aromatic heterocycles. The van der Waals surface area contributed by atoms with Crippen molar-refractivity contribution in [3.63, 3.8) is 0 Å². The molecule has 0 bridgehead atoms. The van der Waals surface area contributed by atoms with Gasteiger partial charge in [0.2, 0.25) is 0 Å². The third-order valence-corrected chi connectivity index (χ3v) is 4.47. The molecule has 0 saturated carbocycles. The van der Waals surface area contributed by atoms with Crippen molar-refractivity contribution in [2.75, 3.05) is 26.3 Å². The number of hydrogen-bond donors (Lipinski definition) is 2. The standard InChI is InChI=1S/C17H24N2O2/c20-17(19-16-6-9-21-10-7-16)14-4-1-3-13(11-14)15-5-2-8-18-12-15/h1,3-4,11,15-16,18H,2,5-10,12H2,(H,19,20)/t15-/m0/s1. The highest BCUT2D eigenvalue weighted by molar-refractivity contribution is 5.94. The number of hydrogen-bond acceptors (Lipinski definition) is 3. The second-order valence-electron chi connectivity index (χ2n) is 6.03. The van der Waals surface area contributed by atoms with Crippen LogP contribution in [0.5, 0.6) is 0 Å². The highest BCUT2D eigenvalue weighted by atomic mass is 16.5. The van der Waals surface area contributed by atoms with E-state index in [2.05, 4.69) is 22.8 Å². The van der Waals surface area contributed by atoms with Crippen molar-refractivity contribution in [2.24, 2.45) is 0 Å². The molecule has 4 heteroatoms. The zero-order valence-electron chi connectivity index (χ0n) is 12.4. The monoisotopic (exact) mass is 288 g/mol. The summed E-state index contributed by atoms with van der Waals surface area (Å²) in [6.07, 6.45) is 4.25. The lowest BCUT2D eigenvalue weighted by Gasteiger charge is -2.24. The molecule has 0 aliphatic carbocycles. The van der Waals surface area contributed by atoms with Crippen molar-refractivity contribution in [2.45, 2.75) is 37.6 Å². The summed E-state index contributed by atoms with van der Waals surface area (Å²) in [5, 5.41) is 6.56. The average molecular weight is 288 g/mol. The van der Waals surface area contributed by atoms with E-state index in [9.17, 15) is 4.79 Å². The van der Waals surface area contributed by atoms with E-state index < -0.39 is 0 Å². The van der Waals surface area contributed by atoms with Crippen LogP contribution in [0.25, 0.3) is 0 Å². The molecule has 0 radical (unpaired) electrons. The summed E-state index contributed by atoms with van der Waals surface area (Å²) in [7, 11) is 0. The zero-order chi connectivity index (χ0) is 14.5. The van der Waals surface area contributed by atoms with Gasteiger partial charge < -0.3 is 15.4 Å². The minimum atomic E-state index is 0.0486. The van der Waals surface area contributed by atoms with Crippen LogP contribution in [0.15, 0.2) is 24.3 Å². The molecule has 2 aliphatic heterocycles. The van der Waals surface area contributed by atoms with Gasteiger partial charge in [0.15, 0.2) is 0 Å². The Balaban J connectivity index is 1.65. The molecule has 2 aliphatic rings. The van der Waals surface area contributed by atoms with Gasteiger partial charge in [0.1, 0.15) is 0 Å². The van der Waals surface area contributed by atoms with Crippen molar-refractivity contribution in [3.8, 4) is 0 Å². The summed E-state index contributed by atoms with van der Waals surface area (Å²) in [5.41, 5.74) is 2.06. The summed E-state index contributed by atoms with van der Waals surface area (Å²) in [4.78, 5) is 12.4. The van der Waals surface area contributed by atoms with Crippen molar-refractivity contribution >= 4 is 5.91 Å². The van der Waals surface area contributed by atoms with Crippen molar-refractivity contribution < 1.29 is 9.53 Å². The number of nitrogens with one attached hydrogen (secondary N) is 2. The van der Waals surface area contributed by atoms with Crippen LogP contribution in [0.3, 0.4) is 0 Å². The molecule has 2 heterocycles. The zero-order valence-corrected chi connectivity index (χ0v) is 12.4. The molecule has 0 spiro atoms. The largest absolute Gasteiger partial charge is 0.381 e. The number of carbonyl (C=O) groups is 1. The predicted octanol–water partition coefficient (Wildman–Crippen LogP) is 2.06. The van der Waals surface area contributed by atoms with E-state index in [1.165, 1.54) is 18.4 Å². The SMILES string of the molecule is O=C(NC1CCOCC1)c1cccc([C@H]2CCCNC2)c1. The second-order valence-corrected chi connectivity index (χ2v) is 6.03. The lowest BCUT2D eigenvalue weighted by Crippen LogP contribution is -2.39. The lowest BCUT2D eigenvalue weighted by molar-refractivity contribution is 0.0696. The van der Waals surface area contributed by atoms with Gasteiger partial charge in [-0.1, -0.05) is 12.1 Å². The summed E-state index contributed by atoms with van der Waals surface area (Å²) in [5.74, 6) is 0.585. The molecule has 1 amide bonds.